The van der Waals surface area contributed by atoms with Crippen LogP contribution in [0.5, 0.6) is 0 Å². The Balaban J connectivity index is 1.67. The van der Waals surface area contributed by atoms with E-state index in [4.69, 9.17) is 4.74 Å². The maximum absolute atomic E-state index is 13.0. The molecule has 124 valence electrons. The summed E-state index contributed by atoms with van der Waals surface area (Å²) in [5.41, 5.74) is 0.891. The maximum Gasteiger partial charge on any atom is 0.243 e. The normalized spacial score (nSPS) is 26.3. The highest BCUT2D eigenvalue weighted by molar-refractivity contribution is 7.89. The van der Waals surface area contributed by atoms with Gasteiger partial charge in [-0.1, -0.05) is 0 Å². The lowest BCUT2D eigenvalue weighted by Gasteiger charge is -2.38. The first kappa shape index (κ1) is 15.5. The van der Waals surface area contributed by atoms with Crippen LogP contribution in [0.2, 0.25) is 0 Å². The van der Waals surface area contributed by atoms with Crippen molar-refractivity contribution in [1.29, 1.82) is 0 Å². The molecule has 0 bridgehead atoms. The largest absolute Gasteiger partial charge is 0.381 e. The molecular formula is C16H20N2O3S2. The molecule has 0 aliphatic carbocycles. The molecule has 2 aromatic rings. The van der Waals surface area contributed by atoms with E-state index in [0.29, 0.717) is 24.6 Å². The van der Waals surface area contributed by atoms with Crippen LogP contribution < -0.4 is 0 Å². The zero-order valence-corrected chi connectivity index (χ0v) is 14.8. The molecule has 0 amide bonds. The summed E-state index contributed by atoms with van der Waals surface area (Å²) in [5, 5.41) is 0.953. The first-order chi connectivity index (χ1) is 11.0. The Morgan fingerprint density at radius 1 is 1.35 bits per heavy atom. The molecule has 0 N–H and O–H groups in total. The number of ether oxygens (including phenoxy) is 1. The zero-order chi connectivity index (χ0) is 16.1. The van der Waals surface area contributed by atoms with Gasteiger partial charge >= 0.3 is 0 Å². The second-order valence-corrected chi connectivity index (χ2v) is 9.78. The van der Waals surface area contributed by atoms with Gasteiger partial charge in [0.2, 0.25) is 10.0 Å². The minimum absolute atomic E-state index is 0.0243. The van der Waals surface area contributed by atoms with Gasteiger partial charge in [0.1, 0.15) is 0 Å². The summed E-state index contributed by atoms with van der Waals surface area (Å²) in [6.45, 7) is 4.55. The number of sulfonamides is 1. The van der Waals surface area contributed by atoms with Gasteiger partial charge in [0.25, 0.3) is 0 Å². The molecule has 1 aromatic carbocycles. The molecule has 0 radical (unpaired) electrons. The molecule has 7 heteroatoms. The summed E-state index contributed by atoms with van der Waals surface area (Å²) in [4.78, 5) is 4.78. The van der Waals surface area contributed by atoms with Crippen molar-refractivity contribution in [3.8, 4) is 0 Å². The maximum atomic E-state index is 13.0. The predicted octanol–water partition coefficient (Wildman–Crippen LogP) is 2.80. The van der Waals surface area contributed by atoms with E-state index >= 15 is 0 Å². The van der Waals surface area contributed by atoms with Crippen molar-refractivity contribution in [2.24, 2.45) is 5.41 Å². The molecule has 5 nitrogen and oxygen atoms in total. The molecule has 2 fully saturated rings. The fourth-order valence-corrected chi connectivity index (χ4v) is 6.23. The number of thiazole rings is 1. The van der Waals surface area contributed by atoms with Gasteiger partial charge in [-0.25, -0.2) is 13.4 Å². The lowest BCUT2D eigenvalue weighted by molar-refractivity contribution is 0.105. The lowest BCUT2D eigenvalue weighted by Crippen LogP contribution is -2.46. The Morgan fingerprint density at radius 2 is 2.22 bits per heavy atom. The van der Waals surface area contributed by atoms with Crippen molar-refractivity contribution in [2.75, 3.05) is 26.3 Å². The quantitative estimate of drug-likeness (QED) is 0.834. The third kappa shape index (κ3) is 2.69. The molecule has 1 atom stereocenters. The van der Waals surface area contributed by atoms with E-state index in [1.165, 1.54) is 11.3 Å². The van der Waals surface area contributed by atoms with Gasteiger partial charge in [0, 0.05) is 25.1 Å². The van der Waals surface area contributed by atoms with Crippen molar-refractivity contribution < 1.29 is 13.2 Å². The van der Waals surface area contributed by atoms with Crippen molar-refractivity contribution >= 4 is 31.6 Å². The summed E-state index contributed by atoms with van der Waals surface area (Å²) in [5.74, 6) is 0. The molecule has 0 saturated carbocycles. The van der Waals surface area contributed by atoms with E-state index in [1.807, 2.05) is 13.0 Å². The van der Waals surface area contributed by atoms with Gasteiger partial charge in [-0.3, -0.25) is 0 Å². The number of aromatic nitrogens is 1. The van der Waals surface area contributed by atoms with Crippen molar-refractivity contribution in [1.82, 2.24) is 9.29 Å². The number of hydrogen-bond acceptors (Lipinski definition) is 5. The third-order valence-corrected chi connectivity index (χ3v) is 7.69. The average molecular weight is 352 g/mol. The highest BCUT2D eigenvalue weighted by Gasteiger charge is 2.42. The first-order valence-electron chi connectivity index (χ1n) is 7.94. The van der Waals surface area contributed by atoms with Crippen molar-refractivity contribution in [2.45, 2.75) is 31.1 Å². The number of fused-ring (bicyclic) bond motifs is 1. The smallest absolute Gasteiger partial charge is 0.243 e. The molecule has 1 aromatic heterocycles. The number of rotatable bonds is 2. The Labute approximate surface area is 140 Å². The van der Waals surface area contributed by atoms with Crippen molar-refractivity contribution in [3.05, 3.63) is 23.2 Å². The Kier molecular flexibility index (Phi) is 3.72. The second kappa shape index (κ2) is 5.51. The highest BCUT2D eigenvalue weighted by atomic mass is 32.2. The van der Waals surface area contributed by atoms with E-state index in [1.54, 1.807) is 16.4 Å². The number of hydrogen-bond donors (Lipinski definition) is 0. The fourth-order valence-electron chi connectivity index (χ4n) is 3.67. The van der Waals surface area contributed by atoms with Gasteiger partial charge in [0.05, 0.1) is 26.7 Å². The Hall–Kier alpha value is -1.02. The van der Waals surface area contributed by atoms with Gasteiger partial charge < -0.3 is 4.74 Å². The summed E-state index contributed by atoms with van der Waals surface area (Å²) in [6, 6.07) is 5.26. The second-order valence-electron chi connectivity index (χ2n) is 6.61. The van der Waals surface area contributed by atoms with Crippen LogP contribution in [0.4, 0.5) is 0 Å². The van der Waals surface area contributed by atoms with Crippen LogP contribution >= 0.6 is 11.3 Å². The van der Waals surface area contributed by atoms with Crippen LogP contribution in [0.25, 0.3) is 10.2 Å². The number of benzene rings is 1. The summed E-state index contributed by atoms with van der Waals surface area (Å²) in [7, 11) is -3.45. The minimum atomic E-state index is -3.45. The summed E-state index contributed by atoms with van der Waals surface area (Å²) >= 11 is 1.53. The van der Waals surface area contributed by atoms with Gasteiger partial charge in [-0.2, -0.15) is 4.31 Å². The molecule has 2 aliphatic rings. The summed E-state index contributed by atoms with van der Waals surface area (Å²) in [6.07, 6.45) is 2.93. The van der Waals surface area contributed by atoms with E-state index in [0.717, 1.165) is 41.1 Å². The molecular weight excluding hydrogens is 332 g/mol. The molecule has 4 rings (SSSR count). The molecule has 23 heavy (non-hydrogen) atoms. The fraction of sp³-hybridized carbons (Fsp3) is 0.562. The van der Waals surface area contributed by atoms with Crippen LogP contribution in [0.15, 0.2) is 23.1 Å². The minimum Gasteiger partial charge on any atom is -0.381 e. The lowest BCUT2D eigenvalue weighted by atomic mass is 9.80. The molecule has 3 heterocycles. The average Bonchev–Trinajstić information content (AvgIpc) is 3.12. The molecule has 0 unspecified atom stereocenters. The molecule has 2 saturated heterocycles. The SMILES string of the molecule is Cc1nc2ccc(S(=O)(=O)N3CCC[C@@]4(CCOC4)C3)cc2s1. The number of piperidine rings is 1. The topological polar surface area (TPSA) is 59.5 Å². The van der Waals surface area contributed by atoms with E-state index < -0.39 is 10.0 Å². The Morgan fingerprint density at radius 3 is 3.00 bits per heavy atom. The predicted molar refractivity (Wildman–Crippen MR) is 90.2 cm³/mol. The monoisotopic (exact) mass is 352 g/mol. The first-order valence-corrected chi connectivity index (χ1v) is 10.2. The van der Waals surface area contributed by atoms with Crippen molar-refractivity contribution in [3.63, 3.8) is 0 Å². The van der Waals surface area contributed by atoms with E-state index in [9.17, 15) is 8.42 Å². The zero-order valence-electron chi connectivity index (χ0n) is 13.1. The number of nitrogens with zero attached hydrogens (tertiary/aromatic N) is 2. The van der Waals surface area contributed by atoms with Crippen LogP contribution in [-0.2, 0) is 14.8 Å². The molecule has 1 spiro atoms. The summed E-state index contributed by atoms with van der Waals surface area (Å²) < 4.78 is 34.2. The van der Waals surface area contributed by atoms with Crippen LogP contribution in [-0.4, -0.2) is 44.0 Å². The highest BCUT2D eigenvalue weighted by Crippen LogP contribution is 2.39. The Bertz CT molecular complexity index is 838. The van der Waals surface area contributed by atoms with E-state index in [-0.39, 0.29) is 5.41 Å². The van der Waals surface area contributed by atoms with Crippen LogP contribution in [0, 0.1) is 12.3 Å². The molecule has 2 aliphatic heterocycles. The van der Waals surface area contributed by atoms with Crippen LogP contribution in [0.3, 0.4) is 0 Å². The van der Waals surface area contributed by atoms with Gasteiger partial charge in [-0.15, -0.1) is 11.3 Å². The third-order valence-electron chi connectivity index (χ3n) is 4.92. The van der Waals surface area contributed by atoms with E-state index in [2.05, 4.69) is 4.98 Å². The van der Waals surface area contributed by atoms with Gasteiger partial charge in [-0.05, 0) is 44.4 Å². The van der Waals surface area contributed by atoms with Crippen LogP contribution in [0.1, 0.15) is 24.3 Å². The standard InChI is InChI=1S/C16H20N2O3S2/c1-12-17-14-4-3-13(9-15(14)22-12)23(19,20)18-7-2-5-16(10-18)6-8-21-11-16/h3-4,9H,2,5-8,10-11H2,1H3/t16-/m1/s1. The van der Waals surface area contributed by atoms with Gasteiger partial charge in [0.15, 0.2) is 0 Å². The number of aryl methyl sites for hydroxylation is 1.